The minimum absolute atomic E-state index is 0.0314. The van der Waals surface area contributed by atoms with Crippen molar-refractivity contribution in [3.63, 3.8) is 0 Å². The van der Waals surface area contributed by atoms with E-state index in [1.807, 2.05) is 6.92 Å². The molecule has 0 radical (unpaired) electrons. The van der Waals surface area contributed by atoms with Gasteiger partial charge >= 0.3 is 12.3 Å². The van der Waals surface area contributed by atoms with Crippen LogP contribution < -0.4 is 0 Å². The van der Waals surface area contributed by atoms with Crippen LogP contribution >= 0.6 is 0 Å². The summed E-state index contributed by atoms with van der Waals surface area (Å²) in [6.07, 6.45) is -1.76. The van der Waals surface area contributed by atoms with Crippen molar-refractivity contribution in [2.24, 2.45) is 0 Å². The molecule has 0 saturated heterocycles. The van der Waals surface area contributed by atoms with Gasteiger partial charge in [0.05, 0.1) is 6.54 Å². The molecule has 0 heterocycles. The maximum atomic E-state index is 12.7. The summed E-state index contributed by atoms with van der Waals surface area (Å²) < 4.78 is 49.4. The fourth-order valence-corrected chi connectivity index (χ4v) is 1.07. The average Bonchev–Trinajstić information content (AvgIpc) is 2.22. The summed E-state index contributed by atoms with van der Waals surface area (Å²) in [4.78, 5) is 11.8. The van der Waals surface area contributed by atoms with E-state index in [1.165, 1.54) is 0 Å². The average molecular weight is 241 g/mol. The van der Waals surface area contributed by atoms with E-state index in [9.17, 15) is 22.4 Å². The van der Waals surface area contributed by atoms with Gasteiger partial charge in [0.15, 0.2) is 0 Å². The van der Waals surface area contributed by atoms with Crippen LogP contribution in [-0.2, 0) is 4.79 Å². The second kappa shape index (κ2) is 6.50. The number of unbranched alkanes of at least 4 members (excludes halogenated alkanes) is 1. The number of hydrogen-bond donors (Lipinski definition) is 0. The molecule has 0 aliphatic heterocycles. The molecule has 1 amide bonds. The van der Waals surface area contributed by atoms with Gasteiger partial charge in [0.25, 0.3) is 0 Å². The molecule has 94 valence electrons. The third-order valence-electron chi connectivity index (χ3n) is 1.99. The third-order valence-corrected chi connectivity index (χ3v) is 1.99. The number of halogens is 4. The highest BCUT2D eigenvalue weighted by molar-refractivity contribution is 5.87. The lowest BCUT2D eigenvalue weighted by Gasteiger charge is -2.26. The number of hydrogen-bond acceptors (Lipinski definition) is 1. The van der Waals surface area contributed by atoms with E-state index in [0.717, 1.165) is 6.08 Å². The Morgan fingerprint density at radius 3 is 2.44 bits per heavy atom. The van der Waals surface area contributed by atoms with Gasteiger partial charge in [-0.25, -0.2) is 8.78 Å². The van der Waals surface area contributed by atoms with E-state index >= 15 is 0 Å². The second-order valence-electron chi connectivity index (χ2n) is 3.38. The van der Waals surface area contributed by atoms with Crippen molar-refractivity contribution in [2.45, 2.75) is 32.1 Å². The first-order chi connectivity index (χ1) is 7.35. The van der Waals surface area contributed by atoms with Crippen molar-refractivity contribution >= 4 is 5.91 Å². The monoisotopic (exact) mass is 241 g/mol. The summed E-state index contributed by atoms with van der Waals surface area (Å²) in [6.45, 7) is 3.71. The molecule has 0 unspecified atom stereocenters. The quantitative estimate of drug-likeness (QED) is 0.495. The zero-order valence-corrected chi connectivity index (χ0v) is 9.06. The van der Waals surface area contributed by atoms with Crippen LogP contribution in [0.1, 0.15) is 19.8 Å². The predicted octanol–water partition coefficient (Wildman–Crippen LogP) is 2.70. The summed E-state index contributed by atoms with van der Waals surface area (Å²) in [5.74, 6) is -4.93. The van der Waals surface area contributed by atoms with Gasteiger partial charge in [-0.15, -0.1) is 0 Å². The van der Waals surface area contributed by atoms with Gasteiger partial charge in [-0.05, 0) is 12.5 Å². The molecule has 2 nitrogen and oxygen atoms in total. The Hall–Kier alpha value is -1.07. The number of alkyl halides is 4. The maximum Gasteiger partial charge on any atom is 0.324 e. The lowest BCUT2D eigenvalue weighted by Crippen LogP contribution is -2.44. The van der Waals surface area contributed by atoms with Crippen LogP contribution in [-0.4, -0.2) is 36.2 Å². The molecule has 0 rings (SSSR count). The summed E-state index contributed by atoms with van der Waals surface area (Å²) in [5.41, 5.74) is 0. The standard InChI is InChI=1S/C10H15F4NO/c1-3-5-6-15(8(16)4-2)7-10(13,14)9(11)12/h4,9H,2-3,5-7H2,1H3. The second-order valence-corrected chi connectivity index (χ2v) is 3.38. The lowest BCUT2D eigenvalue weighted by atomic mass is 10.2. The molecule has 0 atom stereocenters. The van der Waals surface area contributed by atoms with Crippen molar-refractivity contribution in [2.75, 3.05) is 13.1 Å². The van der Waals surface area contributed by atoms with E-state index in [2.05, 4.69) is 6.58 Å². The molecule has 0 fully saturated rings. The molecule has 0 spiro atoms. The van der Waals surface area contributed by atoms with Gasteiger partial charge in [-0.2, -0.15) is 8.78 Å². The molecule has 0 saturated carbocycles. The first-order valence-electron chi connectivity index (χ1n) is 4.92. The minimum Gasteiger partial charge on any atom is -0.333 e. The molecule has 0 aromatic rings. The van der Waals surface area contributed by atoms with Crippen molar-refractivity contribution in [3.8, 4) is 0 Å². The largest absolute Gasteiger partial charge is 0.333 e. The van der Waals surface area contributed by atoms with Crippen LogP contribution in [0.3, 0.4) is 0 Å². The molecule has 0 bridgehead atoms. The molecule has 0 aliphatic carbocycles. The van der Waals surface area contributed by atoms with E-state index in [0.29, 0.717) is 17.7 Å². The van der Waals surface area contributed by atoms with E-state index in [1.54, 1.807) is 0 Å². The van der Waals surface area contributed by atoms with Crippen molar-refractivity contribution in [1.29, 1.82) is 0 Å². The van der Waals surface area contributed by atoms with Crippen molar-refractivity contribution < 1.29 is 22.4 Å². The highest BCUT2D eigenvalue weighted by Crippen LogP contribution is 2.24. The van der Waals surface area contributed by atoms with E-state index in [4.69, 9.17) is 0 Å². The molecule has 6 heteroatoms. The normalized spacial score (nSPS) is 11.6. The molecule has 0 aliphatic rings. The van der Waals surface area contributed by atoms with Gasteiger partial charge in [-0.3, -0.25) is 4.79 Å². The summed E-state index contributed by atoms with van der Waals surface area (Å²) in [6, 6.07) is 0. The zero-order chi connectivity index (χ0) is 12.8. The SMILES string of the molecule is C=CC(=O)N(CCCC)CC(F)(F)C(F)F. The summed E-state index contributed by atoms with van der Waals surface area (Å²) in [5, 5.41) is 0. The third kappa shape index (κ3) is 4.63. The summed E-state index contributed by atoms with van der Waals surface area (Å²) in [7, 11) is 0. The van der Waals surface area contributed by atoms with Gasteiger partial charge in [0.1, 0.15) is 0 Å². The predicted molar refractivity (Wildman–Crippen MR) is 52.6 cm³/mol. The Labute approximate surface area is 91.9 Å². The number of rotatable bonds is 7. The van der Waals surface area contributed by atoms with Crippen LogP contribution in [0.5, 0.6) is 0 Å². The highest BCUT2D eigenvalue weighted by atomic mass is 19.3. The van der Waals surface area contributed by atoms with Gasteiger partial charge in [-0.1, -0.05) is 19.9 Å². The first kappa shape index (κ1) is 14.9. The minimum atomic E-state index is -4.17. The Bertz CT molecular complexity index is 243. The van der Waals surface area contributed by atoms with E-state index < -0.39 is 24.8 Å². The van der Waals surface area contributed by atoms with Gasteiger partial charge in [0, 0.05) is 6.54 Å². The number of carbonyl (C=O) groups excluding carboxylic acids is 1. The molecule has 0 aromatic heterocycles. The lowest BCUT2D eigenvalue weighted by molar-refractivity contribution is -0.154. The van der Waals surface area contributed by atoms with Crippen LogP contribution in [0.4, 0.5) is 17.6 Å². The molecule has 0 N–H and O–H groups in total. The summed E-state index contributed by atoms with van der Waals surface area (Å²) >= 11 is 0. The molecule has 0 aromatic carbocycles. The molecular formula is C10H15F4NO. The molecular weight excluding hydrogens is 226 g/mol. The van der Waals surface area contributed by atoms with Crippen molar-refractivity contribution in [3.05, 3.63) is 12.7 Å². The fraction of sp³-hybridized carbons (Fsp3) is 0.700. The number of nitrogens with zero attached hydrogens (tertiary/aromatic N) is 1. The topological polar surface area (TPSA) is 20.3 Å². The smallest absolute Gasteiger partial charge is 0.324 e. The number of carbonyl (C=O) groups is 1. The van der Waals surface area contributed by atoms with Crippen LogP contribution in [0, 0.1) is 0 Å². The maximum absolute atomic E-state index is 12.7. The molecule has 16 heavy (non-hydrogen) atoms. The Balaban J connectivity index is 4.53. The van der Waals surface area contributed by atoms with Crippen LogP contribution in [0.15, 0.2) is 12.7 Å². The van der Waals surface area contributed by atoms with Crippen LogP contribution in [0.2, 0.25) is 0 Å². The van der Waals surface area contributed by atoms with Crippen molar-refractivity contribution in [1.82, 2.24) is 4.90 Å². The fourth-order valence-electron chi connectivity index (χ4n) is 1.07. The highest BCUT2D eigenvalue weighted by Gasteiger charge is 2.42. The Morgan fingerprint density at radius 1 is 1.50 bits per heavy atom. The first-order valence-corrected chi connectivity index (χ1v) is 4.92. The zero-order valence-electron chi connectivity index (χ0n) is 9.06. The van der Waals surface area contributed by atoms with Gasteiger partial charge in [0.2, 0.25) is 5.91 Å². The number of amides is 1. The van der Waals surface area contributed by atoms with Gasteiger partial charge < -0.3 is 4.90 Å². The van der Waals surface area contributed by atoms with Crippen LogP contribution in [0.25, 0.3) is 0 Å². The van der Waals surface area contributed by atoms with E-state index in [-0.39, 0.29) is 6.54 Å². The Morgan fingerprint density at radius 2 is 2.06 bits per heavy atom. The Kier molecular flexibility index (Phi) is 6.06.